The fraction of sp³-hybridized carbons (Fsp3) is 0.900. The van der Waals surface area contributed by atoms with Crippen molar-refractivity contribution >= 4 is 12.2 Å². The van der Waals surface area contributed by atoms with Crippen LogP contribution in [-0.4, -0.2) is 47.7 Å². The van der Waals surface area contributed by atoms with E-state index in [0.29, 0.717) is 6.54 Å². The summed E-state index contributed by atoms with van der Waals surface area (Å²) in [7, 11) is 0. The molecule has 0 aromatic carbocycles. The Morgan fingerprint density at radius 2 is 1.33 bits per heavy atom. The van der Waals surface area contributed by atoms with Gasteiger partial charge in [-0.05, 0) is 67.2 Å². The van der Waals surface area contributed by atoms with Gasteiger partial charge in [-0.3, -0.25) is 0 Å². The average molecular weight is 389 g/mol. The molecule has 0 radical (unpaired) electrons. The summed E-state index contributed by atoms with van der Waals surface area (Å²) in [4.78, 5) is 23.7. The second-order valence-corrected chi connectivity index (χ2v) is 8.84. The van der Waals surface area contributed by atoms with E-state index >= 15 is 0 Å². The normalized spacial score (nSPS) is 13.0. The number of nitrogens with one attached hydrogen (secondary N) is 2. The van der Waals surface area contributed by atoms with Crippen LogP contribution in [0.15, 0.2) is 0 Å². The molecule has 7 nitrogen and oxygen atoms in total. The van der Waals surface area contributed by atoms with Crippen LogP contribution in [0.2, 0.25) is 0 Å². The molecule has 160 valence electrons. The van der Waals surface area contributed by atoms with Gasteiger partial charge in [-0.15, -0.1) is 0 Å². The van der Waals surface area contributed by atoms with Crippen LogP contribution < -0.4 is 10.6 Å². The van der Waals surface area contributed by atoms with Gasteiger partial charge >= 0.3 is 12.2 Å². The minimum Gasteiger partial charge on any atom is -0.444 e. The number of hydrogen-bond acceptors (Lipinski definition) is 5. The Balaban J connectivity index is 4.31. The molecule has 0 spiro atoms. The van der Waals surface area contributed by atoms with Crippen molar-refractivity contribution in [3.8, 4) is 0 Å². The van der Waals surface area contributed by atoms with E-state index in [9.17, 15) is 9.59 Å². The molecular weight excluding hydrogens is 348 g/mol. The van der Waals surface area contributed by atoms with E-state index in [0.717, 1.165) is 44.9 Å². The van der Waals surface area contributed by atoms with E-state index in [1.165, 1.54) is 0 Å². The number of carbonyl (C=O) groups is 2. The largest absolute Gasteiger partial charge is 0.444 e. The lowest BCUT2D eigenvalue weighted by atomic mass is 10.0. The molecule has 0 rings (SSSR count). The van der Waals surface area contributed by atoms with Gasteiger partial charge < -0.3 is 25.2 Å². The number of unbranched alkanes of at least 4 members (excludes halogenated alkanes) is 3. The van der Waals surface area contributed by atoms with Crippen LogP contribution in [0.1, 0.15) is 86.5 Å². The molecule has 0 bridgehead atoms. The number of rotatable bonds is 11. The summed E-state index contributed by atoms with van der Waals surface area (Å²) in [6, 6.07) is -0.00517. The highest BCUT2D eigenvalue weighted by molar-refractivity contribution is 5.68. The van der Waals surface area contributed by atoms with E-state index < -0.39 is 23.4 Å². The standard InChI is InChI=1S/C20H40N2O5/c1-19(2,3)26-17(24)21-14-11-13-16(12-9-7-8-10-15-23)22-18(25)27-20(4,5)6/h16,23H,7-15H2,1-6H3,(H,21,24)(H,22,25). The molecule has 1 unspecified atom stereocenters. The van der Waals surface area contributed by atoms with Gasteiger partial charge in [0, 0.05) is 19.2 Å². The Kier molecular flexibility index (Phi) is 12.1. The Hall–Kier alpha value is -1.50. The van der Waals surface area contributed by atoms with E-state index in [2.05, 4.69) is 10.6 Å². The summed E-state index contributed by atoms with van der Waals surface area (Å²) in [5.41, 5.74) is -1.05. The van der Waals surface area contributed by atoms with Gasteiger partial charge in [-0.2, -0.15) is 0 Å². The van der Waals surface area contributed by atoms with Crippen LogP contribution in [-0.2, 0) is 9.47 Å². The molecular formula is C20H40N2O5. The topological polar surface area (TPSA) is 96.9 Å². The Bertz CT molecular complexity index is 427. The predicted molar refractivity (Wildman–Crippen MR) is 107 cm³/mol. The summed E-state index contributed by atoms with van der Waals surface area (Å²) < 4.78 is 10.5. The molecule has 3 N–H and O–H groups in total. The highest BCUT2D eigenvalue weighted by atomic mass is 16.6. The lowest BCUT2D eigenvalue weighted by molar-refractivity contribution is 0.0485. The maximum atomic E-state index is 12.0. The molecule has 2 amide bonds. The second kappa shape index (κ2) is 12.8. The smallest absolute Gasteiger partial charge is 0.407 e. The van der Waals surface area contributed by atoms with E-state index in [1.54, 1.807) is 0 Å². The van der Waals surface area contributed by atoms with Crippen molar-refractivity contribution in [2.45, 2.75) is 104 Å². The third-order valence-electron chi connectivity index (χ3n) is 3.58. The fourth-order valence-electron chi connectivity index (χ4n) is 2.47. The first-order valence-corrected chi connectivity index (χ1v) is 10.00. The van der Waals surface area contributed by atoms with Gasteiger partial charge in [0.25, 0.3) is 0 Å². The average Bonchev–Trinajstić information content (AvgIpc) is 2.47. The zero-order valence-electron chi connectivity index (χ0n) is 18.0. The van der Waals surface area contributed by atoms with Crippen LogP contribution in [0, 0.1) is 0 Å². The van der Waals surface area contributed by atoms with Crippen LogP contribution in [0.25, 0.3) is 0 Å². The van der Waals surface area contributed by atoms with Crippen molar-refractivity contribution in [1.82, 2.24) is 10.6 Å². The minimum absolute atomic E-state index is 0.00517. The first kappa shape index (κ1) is 25.5. The van der Waals surface area contributed by atoms with Crippen LogP contribution in [0.3, 0.4) is 0 Å². The zero-order valence-corrected chi connectivity index (χ0v) is 18.0. The molecule has 0 aliphatic rings. The zero-order chi connectivity index (χ0) is 20.9. The lowest BCUT2D eigenvalue weighted by Gasteiger charge is -2.24. The monoisotopic (exact) mass is 388 g/mol. The molecule has 0 heterocycles. The van der Waals surface area contributed by atoms with Crippen molar-refractivity contribution in [1.29, 1.82) is 0 Å². The molecule has 7 heteroatoms. The lowest BCUT2D eigenvalue weighted by Crippen LogP contribution is -2.39. The van der Waals surface area contributed by atoms with Crippen molar-refractivity contribution in [2.75, 3.05) is 13.2 Å². The Labute approximate surface area is 164 Å². The molecule has 0 saturated carbocycles. The van der Waals surface area contributed by atoms with Crippen LogP contribution >= 0.6 is 0 Å². The van der Waals surface area contributed by atoms with Gasteiger partial charge in [0.1, 0.15) is 11.2 Å². The summed E-state index contributed by atoms with van der Waals surface area (Å²) in [6.45, 7) is 11.7. The highest BCUT2D eigenvalue weighted by Crippen LogP contribution is 2.12. The minimum atomic E-state index is -0.534. The highest BCUT2D eigenvalue weighted by Gasteiger charge is 2.20. The quantitative estimate of drug-likeness (QED) is 0.463. The fourth-order valence-corrected chi connectivity index (χ4v) is 2.47. The first-order valence-electron chi connectivity index (χ1n) is 10.00. The Morgan fingerprint density at radius 3 is 1.89 bits per heavy atom. The van der Waals surface area contributed by atoms with E-state index in [-0.39, 0.29) is 12.6 Å². The van der Waals surface area contributed by atoms with Gasteiger partial charge in [0.15, 0.2) is 0 Å². The summed E-state index contributed by atoms with van der Waals surface area (Å²) in [5.74, 6) is 0. The number of ether oxygens (including phenoxy) is 2. The van der Waals surface area contributed by atoms with Gasteiger partial charge in [-0.25, -0.2) is 9.59 Å². The van der Waals surface area contributed by atoms with Crippen molar-refractivity contribution in [3.05, 3.63) is 0 Å². The Morgan fingerprint density at radius 1 is 0.815 bits per heavy atom. The first-order chi connectivity index (χ1) is 12.4. The number of carbonyl (C=O) groups excluding carboxylic acids is 2. The SMILES string of the molecule is CC(C)(C)OC(=O)NCCCC(CCCCCCO)NC(=O)OC(C)(C)C. The molecule has 0 aliphatic carbocycles. The van der Waals surface area contributed by atoms with E-state index in [1.807, 2.05) is 41.5 Å². The molecule has 0 fully saturated rings. The third kappa shape index (κ3) is 17.7. The molecule has 27 heavy (non-hydrogen) atoms. The number of aliphatic hydroxyl groups is 1. The van der Waals surface area contributed by atoms with Crippen molar-refractivity contribution in [3.63, 3.8) is 0 Å². The van der Waals surface area contributed by atoms with Gasteiger partial charge in [0.05, 0.1) is 0 Å². The summed E-state index contributed by atoms with van der Waals surface area (Å²) >= 11 is 0. The van der Waals surface area contributed by atoms with E-state index in [4.69, 9.17) is 14.6 Å². The number of hydrogen-bond donors (Lipinski definition) is 3. The predicted octanol–water partition coefficient (Wildman–Crippen LogP) is 4.13. The van der Waals surface area contributed by atoms with Crippen molar-refractivity contribution < 1.29 is 24.2 Å². The molecule has 1 atom stereocenters. The van der Waals surface area contributed by atoms with Gasteiger partial charge in [0.2, 0.25) is 0 Å². The number of alkyl carbamates (subject to hydrolysis) is 2. The summed E-state index contributed by atoms with van der Waals surface area (Å²) in [6.07, 6.45) is 5.26. The van der Waals surface area contributed by atoms with Crippen LogP contribution in [0.4, 0.5) is 9.59 Å². The van der Waals surface area contributed by atoms with Gasteiger partial charge in [-0.1, -0.05) is 19.3 Å². The summed E-state index contributed by atoms with van der Waals surface area (Å²) in [5, 5.41) is 14.5. The molecule has 0 saturated heterocycles. The molecule has 0 aliphatic heterocycles. The molecule has 0 aromatic rings. The molecule has 0 aromatic heterocycles. The third-order valence-corrected chi connectivity index (χ3v) is 3.58. The second-order valence-electron chi connectivity index (χ2n) is 8.84. The maximum Gasteiger partial charge on any atom is 0.407 e. The maximum absolute atomic E-state index is 12.0. The van der Waals surface area contributed by atoms with Crippen LogP contribution in [0.5, 0.6) is 0 Å². The number of aliphatic hydroxyl groups excluding tert-OH is 1. The van der Waals surface area contributed by atoms with Crippen molar-refractivity contribution in [2.24, 2.45) is 0 Å². The number of amides is 2.